The molecule has 0 atom stereocenters. The van der Waals surface area contributed by atoms with Gasteiger partial charge in [-0.2, -0.15) is 0 Å². The topological polar surface area (TPSA) is 37.3 Å². The van der Waals surface area contributed by atoms with Crippen LogP contribution in [0.1, 0.15) is 58.3 Å². The molecular formula is C10H20O2Zn. The third-order valence-corrected chi connectivity index (χ3v) is 1.99. The van der Waals surface area contributed by atoms with Crippen molar-refractivity contribution in [2.75, 3.05) is 0 Å². The molecule has 0 radical (unpaired) electrons. The molecule has 13 heavy (non-hydrogen) atoms. The Morgan fingerprint density at radius 3 is 1.92 bits per heavy atom. The van der Waals surface area contributed by atoms with Gasteiger partial charge in [0.05, 0.1) is 0 Å². The van der Waals surface area contributed by atoms with E-state index in [0.717, 1.165) is 12.8 Å². The molecule has 0 aromatic carbocycles. The van der Waals surface area contributed by atoms with Crippen molar-refractivity contribution >= 4 is 5.97 Å². The molecule has 0 aliphatic carbocycles. The molecule has 0 saturated carbocycles. The summed E-state index contributed by atoms with van der Waals surface area (Å²) in [6.07, 6.45) is 8.64. The van der Waals surface area contributed by atoms with E-state index in [0.29, 0.717) is 6.42 Å². The summed E-state index contributed by atoms with van der Waals surface area (Å²) >= 11 is 0. The standard InChI is InChI=1S/C10H20O2.Zn/c1-2-3-4-5-6-7-8-9-10(11)12;/h2-9H2,1H3,(H,11,12);. The fraction of sp³-hybridized carbons (Fsp3) is 0.900. The van der Waals surface area contributed by atoms with E-state index in [2.05, 4.69) is 6.92 Å². The van der Waals surface area contributed by atoms with Crippen LogP contribution in [0.15, 0.2) is 0 Å². The molecule has 0 saturated heterocycles. The van der Waals surface area contributed by atoms with Crippen LogP contribution < -0.4 is 0 Å². The monoisotopic (exact) mass is 236 g/mol. The molecule has 0 aromatic heterocycles. The van der Waals surface area contributed by atoms with Gasteiger partial charge in [-0.1, -0.05) is 45.4 Å². The van der Waals surface area contributed by atoms with Gasteiger partial charge >= 0.3 is 5.97 Å². The smallest absolute Gasteiger partial charge is 0.303 e. The molecule has 0 bridgehead atoms. The second kappa shape index (κ2) is 12.1. The summed E-state index contributed by atoms with van der Waals surface area (Å²) in [6, 6.07) is 0. The molecule has 0 amide bonds. The normalized spacial score (nSPS) is 9.31. The van der Waals surface area contributed by atoms with Gasteiger partial charge in [-0.25, -0.2) is 0 Å². The molecule has 0 aromatic rings. The maximum atomic E-state index is 10.1. The van der Waals surface area contributed by atoms with Crippen molar-refractivity contribution in [1.82, 2.24) is 0 Å². The predicted octanol–water partition coefficient (Wildman–Crippen LogP) is 3.21. The van der Waals surface area contributed by atoms with E-state index in [1.165, 1.54) is 32.1 Å². The molecule has 0 spiro atoms. The Bertz CT molecular complexity index is 115. The summed E-state index contributed by atoms with van der Waals surface area (Å²) in [6.45, 7) is 2.20. The largest absolute Gasteiger partial charge is 0.481 e. The Kier molecular flexibility index (Phi) is 14.5. The van der Waals surface area contributed by atoms with Gasteiger partial charge in [0.25, 0.3) is 0 Å². The van der Waals surface area contributed by atoms with Crippen molar-refractivity contribution in [3.05, 3.63) is 0 Å². The van der Waals surface area contributed by atoms with Crippen LogP contribution in [0.5, 0.6) is 0 Å². The van der Waals surface area contributed by atoms with Crippen LogP contribution in [0.25, 0.3) is 0 Å². The second-order valence-electron chi connectivity index (χ2n) is 3.27. The van der Waals surface area contributed by atoms with Crippen molar-refractivity contribution in [2.24, 2.45) is 0 Å². The van der Waals surface area contributed by atoms with Crippen molar-refractivity contribution < 1.29 is 29.4 Å². The minimum Gasteiger partial charge on any atom is -0.481 e. The van der Waals surface area contributed by atoms with E-state index in [4.69, 9.17) is 5.11 Å². The molecule has 3 heteroatoms. The number of hydrogen-bond acceptors (Lipinski definition) is 1. The Morgan fingerprint density at radius 1 is 1.00 bits per heavy atom. The number of carbonyl (C=O) groups is 1. The SMILES string of the molecule is CCCCCCCCCC(=O)O.[Zn]. The van der Waals surface area contributed by atoms with Gasteiger partial charge in [-0.3, -0.25) is 4.79 Å². The zero-order valence-electron chi connectivity index (χ0n) is 8.72. The van der Waals surface area contributed by atoms with E-state index in [1.54, 1.807) is 0 Å². The van der Waals surface area contributed by atoms with Crippen LogP contribution in [-0.4, -0.2) is 11.1 Å². The van der Waals surface area contributed by atoms with Crippen molar-refractivity contribution in [2.45, 2.75) is 58.3 Å². The molecule has 1 N–H and O–H groups in total. The minimum absolute atomic E-state index is 0. The van der Waals surface area contributed by atoms with Gasteiger partial charge in [-0.05, 0) is 6.42 Å². The van der Waals surface area contributed by atoms with Crippen LogP contribution in [0.2, 0.25) is 0 Å². The summed E-state index contributed by atoms with van der Waals surface area (Å²) < 4.78 is 0. The van der Waals surface area contributed by atoms with Gasteiger partial charge in [0.1, 0.15) is 0 Å². The van der Waals surface area contributed by atoms with Crippen LogP contribution in [-0.2, 0) is 24.3 Å². The molecule has 0 unspecified atom stereocenters. The van der Waals surface area contributed by atoms with Gasteiger partial charge in [0, 0.05) is 25.9 Å². The van der Waals surface area contributed by atoms with Crippen molar-refractivity contribution in [3.8, 4) is 0 Å². The summed E-state index contributed by atoms with van der Waals surface area (Å²) in [4.78, 5) is 10.1. The zero-order chi connectivity index (χ0) is 9.23. The molecule has 0 heterocycles. The fourth-order valence-electron chi connectivity index (χ4n) is 1.23. The molecule has 0 rings (SSSR count). The molecule has 74 valence electrons. The third kappa shape index (κ3) is 14.9. The minimum atomic E-state index is -0.663. The number of unbranched alkanes of at least 4 members (excludes halogenated alkanes) is 6. The zero-order valence-corrected chi connectivity index (χ0v) is 11.7. The average molecular weight is 238 g/mol. The summed E-state index contributed by atoms with van der Waals surface area (Å²) in [7, 11) is 0. The van der Waals surface area contributed by atoms with Crippen molar-refractivity contribution in [1.29, 1.82) is 0 Å². The van der Waals surface area contributed by atoms with Gasteiger partial charge < -0.3 is 5.11 Å². The maximum absolute atomic E-state index is 10.1. The van der Waals surface area contributed by atoms with E-state index in [-0.39, 0.29) is 19.5 Å². The van der Waals surface area contributed by atoms with Gasteiger partial charge in [0.2, 0.25) is 0 Å². The van der Waals surface area contributed by atoms with Crippen LogP contribution in [0.3, 0.4) is 0 Å². The van der Waals surface area contributed by atoms with E-state index < -0.39 is 5.97 Å². The first-order valence-corrected chi connectivity index (χ1v) is 4.99. The van der Waals surface area contributed by atoms with Crippen LogP contribution in [0.4, 0.5) is 0 Å². The molecular weight excluding hydrogens is 217 g/mol. The predicted molar refractivity (Wildman–Crippen MR) is 50.2 cm³/mol. The average Bonchev–Trinajstić information content (AvgIpc) is 2.02. The van der Waals surface area contributed by atoms with Crippen molar-refractivity contribution in [3.63, 3.8) is 0 Å². The summed E-state index contributed by atoms with van der Waals surface area (Å²) in [5, 5.41) is 8.35. The maximum Gasteiger partial charge on any atom is 0.303 e. The number of carboxylic acid groups (broad SMARTS) is 1. The Hall–Kier alpha value is 0.0934. The van der Waals surface area contributed by atoms with E-state index >= 15 is 0 Å². The second-order valence-corrected chi connectivity index (χ2v) is 3.27. The van der Waals surface area contributed by atoms with Crippen LogP contribution in [0, 0.1) is 0 Å². The van der Waals surface area contributed by atoms with Gasteiger partial charge in [-0.15, -0.1) is 0 Å². The Morgan fingerprint density at radius 2 is 1.46 bits per heavy atom. The number of carboxylic acids is 1. The number of aliphatic carboxylic acids is 1. The fourth-order valence-corrected chi connectivity index (χ4v) is 1.23. The van der Waals surface area contributed by atoms with Gasteiger partial charge in [0.15, 0.2) is 0 Å². The third-order valence-electron chi connectivity index (χ3n) is 1.99. The van der Waals surface area contributed by atoms with E-state index in [1.807, 2.05) is 0 Å². The first-order chi connectivity index (χ1) is 5.77. The summed E-state index contributed by atoms with van der Waals surface area (Å²) in [5.74, 6) is -0.663. The number of hydrogen-bond donors (Lipinski definition) is 1. The first kappa shape index (κ1) is 15.6. The van der Waals surface area contributed by atoms with Crippen LogP contribution >= 0.6 is 0 Å². The molecule has 0 aliphatic heterocycles. The number of rotatable bonds is 8. The Balaban J connectivity index is 0. The molecule has 2 nitrogen and oxygen atoms in total. The van der Waals surface area contributed by atoms with E-state index in [9.17, 15) is 4.79 Å². The Labute approximate surface area is 93.9 Å². The quantitative estimate of drug-likeness (QED) is 0.520. The first-order valence-electron chi connectivity index (χ1n) is 4.99. The molecule has 0 fully saturated rings. The molecule has 0 aliphatic rings. The summed E-state index contributed by atoms with van der Waals surface area (Å²) in [5.41, 5.74) is 0.